The molecule has 7 heteroatoms. The molecule has 6 nitrogen and oxygen atoms in total. The number of carbonyl (C=O) groups excluding carboxylic acids is 2. The van der Waals surface area contributed by atoms with Crippen molar-refractivity contribution in [2.24, 2.45) is 0 Å². The third-order valence-corrected chi connectivity index (χ3v) is 4.55. The molecule has 2 aromatic carbocycles. The second-order valence-electron chi connectivity index (χ2n) is 6.68. The number of amides is 2. The Morgan fingerprint density at radius 2 is 1.97 bits per heavy atom. The lowest BCUT2D eigenvalue weighted by Crippen LogP contribution is -2.35. The fraction of sp³-hybridized carbons (Fsp3) is 0.174. The SMILES string of the molecule is C#Cc1cccc(NC(=O)CN(C)C(=O)c2cnn(-c3ccc(F)cc3)c2CC)c1. The van der Waals surface area contributed by atoms with Crippen LogP contribution in [0.3, 0.4) is 0 Å². The zero-order valence-electron chi connectivity index (χ0n) is 16.7. The minimum atomic E-state index is -0.348. The zero-order chi connectivity index (χ0) is 21.7. The van der Waals surface area contributed by atoms with Crippen molar-refractivity contribution in [3.63, 3.8) is 0 Å². The molecule has 2 amide bonds. The number of likely N-dealkylation sites (N-methyl/N-ethyl adjacent to an activating group) is 1. The maximum atomic E-state index is 13.2. The third kappa shape index (κ3) is 4.55. The van der Waals surface area contributed by atoms with Gasteiger partial charge in [-0.1, -0.05) is 18.9 Å². The first-order chi connectivity index (χ1) is 14.4. The number of anilines is 1. The van der Waals surface area contributed by atoms with E-state index >= 15 is 0 Å². The number of halogens is 1. The summed E-state index contributed by atoms with van der Waals surface area (Å²) in [6.45, 7) is 1.77. The molecule has 1 aromatic heterocycles. The Morgan fingerprint density at radius 1 is 1.23 bits per heavy atom. The van der Waals surface area contributed by atoms with E-state index in [-0.39, 0.29) is 24.2 Å². The summed E-state index contributed by atoms with van der Waals surface area (Å²) in [6.07, 6.45) is 7.38. The van der Waals surface area contributed by atoms with Crippen molar-refractivity contribution in [2.75, 3.05) is 18.9 Å². The molecular formula is C23H21FN4O2. The molecule has 0 atom stereocenters. The average Bonchev–Trinajstić information content (AvgIpc) is 3.17. The number of aromatic nitrogens is 2. The van der Waals surface area contributed by atoms with Crippen LogP contribution >= 0.6 is 0 Å². The largest absolute Gasteiger partial charge is 0.332 e. The molecule has 1 heterocycles. The van der Waals surface area contributed by atoms with Crippen LogP contribution in [0.25, 0.3) is 5.69 Å². The summed E-state index contributed by atoms with van der Waals surface area (Å²) in [5.74, 6) is 1.49. The first-order valence-electron chi connectivity index (χ1n) is 9.37. The van der Waals surface area contributed by atoms with Crippen molar-refractivity contribution < 1.29 is 14.0 Å². The number of hydrogen-bond donors (Lipinski definition) is 1. The molecule has 3 aromatic rings. The Kier molecular flexibility index (Phi) is 6.28. The maximum absolute atomic E-state index is 13.2. The number of terminal acetylenes is 1. The van der Waals surface area contributed by atoms with E-state index in [0.29, 0.717) is 34.6 Å². The van der Waals surface area contributed by atoms with Gasteiger partial charge in [0.05, 0.1) is 29.7 Å². The quantitative estimate of drug-likeness (QED) is 0.642. The molecule has 0 radical (unpaired) electrons. The number of carbonyl (C=O) groups is 2. The van der Waals surface area contributed by atoms with Gasteiger partial charge in [0.2, 0.25) is 5.91 Å². The minimum absolute atomic E-state index is 0.135. The van der Waals surface area contributed by atoms with Gasteiger partial charge in [0, 0.05) is 18.3 Å². The van der Waals surface area contributed by atoms with Crippen LogP contribution in [0.15, 0.2) is 54.7 Å². The van der Waals surface area contributed by atoms with Crippen molar-refractivity contribution in [1.29, 1.82) is 0 Å². The molecule has 0 aliphatic heterocycles. The molecule has 152 valence electrons. The van der Waals surface area contributed by atoms with Crippen LogP contribution in [0.1, 0.15) is 28.5 Å². The van der Waals surface area contributed by atoms with Crippen LogP contribution in [0, 0.1) is 18.2 Å². The zero-order valence-corrected chi connectivity index (χ0v) is 16.7. The topological polar surface area (TPSA) is 67.2 Å². The van der Waals surface area contributed by atoms with E-state index in [0.717, 1.165) is 0 Å². The van der Waals surface area contributed by atoms with E-state index in [2.05, 4.69) is 16.3 Å². The van der Waals surface area contributed by atoms with Crippen LogP contribution in [0.5, 0.6) is 0 Å². The number of nitrogens with zero attached hydrogens (tertiary/aromatic N) is 3. The second-order valence-corrected chi connectivity index (χ2v) is 6.68. The minimum Gasteiger partial charge on any atom is -0.332 e. The normalized spacial score (nSPS) is 10.3. The molecule has 0 aliphatic carbocycles. The Labute approximate surface area is 174 Å². The molecule has 0 fully saturated rings. The molecule has 3 rings (SSSR count). The predicted molar refractivity (Wildman–Crippen MR) is 113 cm³/mol. The van der Waals surface area contributed by atoms with Gasteiger partial charge in [0.1, 0.15) is 5.82 Å². The molecule has 0 spiro atoms. The molecule has 0 aliphatic rings. The smallest absolute Gasteiger partial charge is 0.257 e. The van der Waals surface area contributed by atoms with Gasteiger partial charge >= 0.3 is 0 Å². The van der Waals surface area contributed by atoms with E-state index in [1.165, 1.54) is 23.2 Å². The van der Waals surface area contributed by atoms with Gasteiger partial charge in [-0.2, -0.15) is 5.10 Å². The van der Waals surface area contributed by atoms with Gasteiger partial charge in [0.15, 0.2) is 0 Å². The molecule has 0 saturated heterocycles. The number of hydrogen-bond acceptors (Lipinski definition) is 3. The molecule has 1 N–H and O–H groups in total. The third-order valence-electron chi connectivity index (χ3n) is 4.55. The molecular weight excluding hydrogens is 383 g/mol. The van der Waals surface area contributed by atoms with Crippen LogP contribution < -0.4 is 5.32 Å². The van der Waals surface area contributed by atoms with Crippen LogP contribution in [-0.2, 0) is 11.2 Å². The van der Waals surface area contributed by atoms with Crippen molar-refractivity contribution >= 4 is 17.5 Å². The number of rotatable bonds is 6. The lowest BCUT2D eigenvalue weighted by molar-refractivity contribution is -0.116. The summed E-state index contributed by atoms with van der Waals surface area (Å²) >= 11 is 0. The van der Waals surface area contributed by atoms with Crippen molar-refractivity contribution in [3.05, 3.63) is 77.4 Å². The van der Waals surface area contributed by atoms with Gasteiger partial charge in [-0.05, 0) is 48.9 Å². The second kappa shape index (κ2) is 9.05. The van der Waals surface area contributed by atoms with Crippen molar-refractivity contribution in [1.82, 2.24) is 14.7 Å². The van der Waals surface area contributed by atoms with Crippen molar-refractivity contribution in [3.8, 4) is 18.0 Å². The Hall–Kier alpha value is -3.92. The highest BCUT2D eigenvalue weighted by atomic mass is 19.1. The van der Waals surface area contributed by atoms with Gasteiger partial charge in [-0.15, -0.1) is 6.42 Å². The Morgan fingerprint density at radius 3 is 2.63 bits per heavy atom. The van der Waals surface area contributed by atoms with Gasteiger partial charge in [-0.3, -0.25) is 9.59 Å². The van der Waals surface area contributed by atoms with Crippen LogP contribution in [-0.4, -0.2) is 40.1 Å². The predicted octanol–water partition coefficient (Wildman–Crippen LogP) is 3.27. The van der Waals surface area contributed by atoms with E-state index in [4.69, 9.17) is 6.42 Å². The summed E-state index contributed by atoms with van der Waals surface area (Å²) < 4.78 is 14.8. The number of nitrogens with one attached hydrogen (secondary N) is 1. The maximum Gasteiger partial charge on any atom is 0.257 e. The van der Waals surface area contributed by atoms with Crippen LogP contribution in [0.2, 0.25) is 0 Å². The van der Waals surface area contributed by atoms with E-state index in [1.54, 1.807) is 48.1 Å². The highest BCUT2D eigenvalue weighted by Crippen LogP contribution is 2.18. The van der Waals surface area contributed by atoms with E-state index in [9.17, 15) is 14.0 Å². The molecule has 0 unspecified atom stereocenters. The summed E-state index contributed by atoms with van der Waals surface area (Å²) in [6, 6.07) is 12.8. The summed E-state index contributed by atoms with van der Waals surface area (Å²) in [5, 5.41) is 7.02. The van der Waals surface area contributed by atoms with Crippen LogP contribution in [0.4, 0.5) is 10.1 Å². The van der Waals surface area contributed by atoms with E-state index in [1.807, 2.05) is 6.92 Å². The van der Waals surface area contributed by atoms with Gasteiger partial charge in [-0.25, -0.2) is 9.07 Å². The van der Waals surface area contributed by atoms with Crippen molar-refractivity contribution in [2.45, 2.75) is 13.3 Å². The Balaban J connectivity index is 1.73. The first-order valence-corrected chi connectivity index (χ1v) is 9.37. The standard InChI is InChI=1S/C23H21FN4O2/c1-4-16-7-6-8-18(13-16)26-22(29)15-27(3)23(30)20-14-25-28(21(20)5-2)19-11-9-17(24)10-12-19/h1,6-14H,5,15H2,2-3H3,(H,26,29). The molecule has 30 heavy (non-hydrogen) atoms. The summed E-state index contributed by atoms with van der Waals surface area (Å²) in [4.78, 5) is 26.6. The Bertz CT molecular complexity index is 1110. The lowest BCUT2D eigenvalue weighted by Gasteiger charge is -2.17. The molecule has 0 bridgehead atoms. The highest BCUT2D eigenvalue weighted by molar-refractivity contribution is 5.99. The fourth-order valence-corrected chi connectivity index (χ4v) is 3.08. The average molecular weight is 404 g/mol. The number of benzene rings is 2. The monoisotopic (exact) mass is 404 g/mol. The first kappa shape index (κ1) is 20.8. The van der Waals surface area contributed by atoms with E-state index < -0.39 is 0 Å². The van der Waals surface area contributed by atoms with Gasteiger partial charge < -0.3 is 10.2 Å². The van der Waals surface area contributed by atoms with Gasteiger partial charge in [0.25, 0.3) is 5.91 Å². The fourth-order valence-electron chi connectivity index (χ4n) is 3.08. The molecule has 0 saturated carbocycles. The highest BCUT2D eigenvalue weighted by Gasteiger charge is 2.22. The summed E-state index contributed by atoms with van der Waals surface area (Å²) in [7, 11) is 1.55. The lowest BCUT2D eigenvalue weighted by atomic mass is 10.1. The summed E-state index contributed by atoms with van der Waals surface area (Å²) in [5.41, 5.74) is 2.95.